The van der Waals surface area contributed by atoms with E-state index in [1.165, 1.54) is 4.90 Å². The molecule has 1 saturated heterocycles. The van der Waals surface area contributed by atoms with Crippen molar-refractivity contribution in [3.63, 3.8) is 0 Å². The van der Waals surface area contributed by atoms with Crippen LogP contribution in [0.1, 0.15) is 12.0 Å². The summed E-state index contributed by atoms with van der Waals surface area (Å²) in [6.07, 6.45) is -0.436. The van der Waals surface area contributed by atoms with Gasteiger partial charge < -0.3 is 9.64 Å². The molecule has 1 aliphatic rings. The molecule has 1 heterocycles. The summed E-state index contributed by atoms with van der Waals surface area (Å²) in [5.74, 6) is -2.37. The van der Waals surface area contributed by atoms with Crippen molar-refractivity contribution in [2.45, 2.75) is 25.3 Å². The van der Waals surface area contributed by atoms with Gasteiger partial charge in [-0.1, -0.05) is 12.1 Å². The summed E-state index contributed by atoms with van der Waals surface area (Å²) in [6.45, 7) is 2.22. The lowest BCUT2D eigenvalue weighted by atomic mass is 10.2. The molecule has 1 aromatic carbocycles. The lowest BCUT2D eigenvalue weighted by molar-refractivity contribution is -0.132. The van der Waals surface area contributed by atoms with E-state index in [2.05, 4.69) is 5.32 Å². The number of benzene rings is 1. The summed E-state index contributed by atoms with van der Waals surface area (Å²) >= 11 is 0. The zero-order valence-corrected chi connectivity index (χ0v) is 13.5. The Morgan fingerprint density at radius 2 is 2.23 bits per heavy atom. The smallest absolute Gasteiger partial charge is 0.262 e. The molecule has 0 spiro atoms. The van der Waals surface area contributed by atoms with Crippen molar-refractivity contribution >= 4 is 18.3 Å². The van der Waals surface area contributed by atoms with Crippen molar-refractivity contribution < 1.29 is 18.3 Å². The topological polar surface area (TPSA) is 41.6 Å². The second-order valence-electron chi connectivity index (χ2n) is 5.42. The molecule has 1 amide bonds. The normalized spacial score (nSPS) is 19.4. The minimum Gasteiger partial charge on any atom is -0.492 e. The number of likely N-dealkylation sites (N-methyl/N-ethyl adjacent to an activating group) is 1. The summed E-state index contributed by atoms with van der Waals surface area (Å²) < 4.78 is 31.7. The number of rotatable bonds is 5. The molecule has 0 aromatic heterocycles. The molecule has 1 aromatic rings. The fourth-order valence-corrected chi connectivity index (χ4v) is 2.27. The Bertz CT molecular complexity index is 514. The van der Waals surface area contributed by atoms with Crippen LogP contribution in [0.3, 0.4) is 0 Å². The number of ether oxygens (including phenoxy) is 1. The van der Waals surface area contributed by atoms with E-state index in [1.807, 2.05) is 31.2 Å². The molecule has 2 rings (SSSR count). The maximum atomic E-state index is 13.1. The quantitative estimate of drug-likeness (QED) is 0.898. The van der Waals surface area contributed by atoms with Crippen molar-refractivity contribution in [3.05, 3.63) is 29.8 Å². The number of nitrogens with one attached hydrogen (secondary N) is 1. The number of amides is 1. The molecule has 1 fully saturated rings. The first kappa shape index (κ1) is 18.6. The molecule has 4 nitrogen and oxygen atoms in total. The maximum Gasteiger partial charge on any atom is 0.262 e. The number of carbonyl (C=O) groups excluding carboxylic acids is 1. The number of hydrogen-bond donors (Lipinski definition) is 1. The van der Waals surface area contributed by atoms with Crippen LogP contribution in [0, 0.1) is 6.92 Å². The predicted octanol–water partition coefficient (Wildman–Crippen LogP) is 2.25. The standard InChI is InChI=1S/C15H20F2N2O2.ClH/c1-11-4-3-5-12(8-11)21-7-6-19(2)14(20)13-9-15(16,17)10-18-13;/h3-5,8,13,18H,6-7,9-10H2,1-2H3;1H. The number of nitrogens with zero attached hydrogens (tertiary/aromatic N) is 1. The third kappa shape index (κ3) is 5.10. The van der Waals surface area contributed by atoms with Gasteiger partial charge in [-0.15, -0.1) is 12.4 Å². The lowest BCUT2D eigenvalue weighted by Crippen LogP contribution is -2.43. The Hall–Kier alpha value is -1.40. The first-order valence-corrected chi connectivity index (χ1v) is 6.93. The molecular formula is C15H21ClF2N2O2. The van der Waals surface area contributed by atoms with E-state index < -0.39 is 24.9 Å². The molecule has 1 atom stereocenters. The maximum absolute atomic E-state index is 13.1. The molecule has 1 unspecified atom stereocenters. The van der Waals surface area contributed by atoms with Crippen molar-refractivity contribution in [2.75, 3.05) is 26.7 Å². The van der Waals surface area contributed by atoms with Gasteiger partial charge in [0.15, 0.2) is 0 Å². The Balaban J connectivity index is 0.00000242. The van der Waals surface area contributed by atoms with Gasteiger partial charge in [-0.25, -0.2) is 8.78 Å². The van der Waals surface area contributed by atoms with Crippen molar-refractivity contribution in [2.24, 2.45) is 0 Å². The zero-order chi connectivity index (χ0) is 15.5. The Morgan fingerprint density at radius 3 is 2.82 bits per heavy atom. The van der Waals surface area contributed by atoms with E-state index >= 15 is 0 Å². The van der Waals surface area contributed by atoms with Crippen LogP contribution in [0.15, 0.2) is 24.3 Å². The third-order valence-corrected chi connectivity index (χ3v) is 3.47. The first-order valence-electron chi connectivity index (χ1n) is 6.93. The predicted molar refractivity (Wildman–Crippen MR) is 82.9 cm³/mol. The van der Waals surface area contributed by atoms with E-state index in [1.54, 1.807) is 7.05 Å². The van der Waals surface area contributed by atoms with Gasteiger partial charge in [0.05, 0.1) is 19.1 Å². The average Bonchev–Trinajstić information content (AvgIpc) is 2.78. The van der Waals surface area contributed by atoms with Crippen LogP contribution in [0.2, 0.25) is 0 Å². The monoisotopic (exact) mass is 334 g/mol. The molecule has 0 saturated carbocycles. The van der Waals surface area contributed by atoms with E-state index in [0.29, 0.717) is 13.2 Å². The number of halogens is 3. The van der Waals surface area contributed by atoms with Gasteiger partial charge in [0.1, 0.15) is 12.4 Å². The molecule has 1 N–H and O–H groups in total. The van der Waals surface area contributed by atoms with Crippen molar-refractivity contribution in [1.29, 1.82) is 0 Å². The number of hydrogen-bond acceptors (Lipinski definition) is 3. The van der Waals surface area contributed by atoms with E-state index in [9.17, 15) is 13.6 Å². The Morgan fingerprint density at radius 1 is 1.50 bits per heavy atom. The van der Waals surface area contributed by atoms with Gasteiger partial charge in [-0.05, 0) is 24.6 Å². The fourth-order valence-electron chi connectivity index (χ4n) is 2.27. The van der Waals surface area contributed by atoms with Crippen molar-refractivity contribution in [1.82, 2.24) is 10.2 Å². The van der Waals surface area contributed by atoms with Crippen molar-refractivity contribution in [3.8, 4) is 5.75 Å². The molecule has 22 heavy (non-hydrogen) atoms. The summed E-state index contributed by atoms with van der Waals surface area (Å²) in [5.41, 5.74) is 1.09. The Labute approximate surface area is 135 Å². The van der Waals surface area contributed by atoms with Crippen LogP contribution in [0.5, 0.6) is 5.75 Å². The minimum atomic E-state index is -2.79. The van der Waals surface area contributed by atoms with E-state index in [0.717, 1.165) is 11.3 Å². The highest BCUT2D eigenvalue weighted by Crippen LogP contribution is 2.25. The highest BCUT2D eigenvalue weighted by atomic mass is 35.5. The number of aryl methyl sites for hydroxylation is 1. The summed E-state index contributed by atoms with van der Waals surface area (Å²) in [5, 5.41) is 2.56. The lowest BCUT2D eigenvalue weighted by Gasteiger charge is -2.21. The van der Waals surface area contributed by atoms with Crippen LogP contribution in [-0.4, -0.2) is 49.5 Å². The second kappa shape index (κ2) is 7.74. The second-order valence-corrected chi connectivity index (χ2v) is 5.42. The van der Waals surface area contributed by atoms with Gasteiger partial charge in [-0.2, -0.15) is 0 Å². The molecular weight excluding hydrogens is 314 g/mol. The van der Waals surface area contributed by atoms with Crippen LogP contribution in [0.25, 0.3) is 0 Å². The van der Waals surface area contributed by atoms with Gasteiger partial charge in [0.25, 0.3) is 5.92 Å². The average molecular weight is 335 g/mol. The fraction of sp³-hybridized carbons (Fsp3) is 0.533. The summed E-state index contributed by atoms with van der Waals surface area (Å²) in [7, 11) is 1.60. The zero-order valence-electron chi connectivity index (χ0n) is 12.6. The minimum absolute atomic E-state index is 0. The van der Waals surface area contributed by atoms with Gasteiger partial charge in [-0.3, -0.25) is 10.1 Å². The highest BCUT2D eigenvalue weighted by Gasteiger charge is 2.43. The molecule has 124 valence electrons. The molecule has 7 heteroatoms. The van der Waals surface area contributed by atoms with Gasteiger partial charge in [0, 0.05) is 13.5 Å². The number of alkyl halides is 2. The van der Waals surface area contributed by atoms with E-state index in [-0.39, 0.29) is 18.3 Å². The van der Waals surface area contributed by atoms with Gasteiger partial charge in [0.2, 0.25) is 5.91 Å². The van der Waals surface area contributed by atoms with Crippen LogP contribution in [0.4, 0.5) is 8.78 Å². The Kier molecular flexibility index (Phi) is 6.56. The summed E-state index contributed by atoms with van der Waals surface area (Å²) in [4.78, 5) is 13.4. The number of carbonyl (C=O) groups is 1. The first-order chi connectivity index (χ1) is 9.87. The highest BCUT2D eigenvalue weighted by molar-refractivity contribution is 5.85. The molecule has 0 bridgehead atoms. The van der Waals surface area contributed by atoms with Gasteiger partial charge >= 0.3 is 0 Å². The molecule has 1 aliphatic heterocycles. The molecule has 0 radical (unpaired) electrons. The largest absolute Gasteiger partial charge is 0.492 e. The van der Waals surface area contributed by atoms with E-state index in [4.69, 9.17) is 4.74 Å². The SMILES string of the molecule is Cc1cccc(OCCN(C)C(=O)C2CC(F)(F)CN2)c1.Cl. The van der Waals surface area contributed by atoms with Crippen LogP contribution < -0.4 is 10.1 Å². The summed E-state index contributed by atoms with van der Waals surface area (Å²) in [6, 6.07) is 6.80. The molecule has 0 aliphatic carbocycles. The van der Waals surface area contributed by atoms with Crippen LogP contribution >= 0.6 is 12.4 Å². The third-order valence-electron chi connectivity index (χ3n) is 3.47. The van der Waals surface area contributed by atoms with Crippen LogP contribution in [-0.2, 0) is 4.79 Å².